The summed E-state index contributed by atoms with van der Waals surface area (Å²) in [5.74, 6) is 0. The number of hydrogen-bond donors (Lipinski definition) is 4. The highest BCUT2D eigenvalue weighted by Gasteiger charge is 2.74. The van der Waals surface area contributed by atoms with Crippen molar-refractivity contribution in [1.29, 1.82) is 0 Å². The molecule has 0 saturated heterocycles. The third kappa shape index (κ3) is 7.34. The van der Waals surface area contributed by atoms with E-state index in [1.165, 1.54) is 0 Å². The van der Waals surface area contributed by atoms with Crippen LogP contribution in [-0.2, 0) is 11.3 Å². The largest absolute Gasteiger partial charge is 0.488 e. The predicted octanol–water partition coefficient (Wildman–Crippen LogP) is 3.95. The van der Waals surface area contributed by atoms with E-state index in [-0.39, 0.29) is 37.2 Å². The lowest BCUT2D eigenvalue weighted by Gasteiger charge is -2.30. The zero-order valence-corrected chi connectivity index (χ0v) is 17.9. The lowest BCUT2D eigenvalue weighted by atomic mass is 9.78. The molecule has 0 unspecified atom stereocenters. The maximum Gasteiger partial charge on any atom is 0.488 e. The van der Waals surface area contributed by atoms with Crippen LogP contribution in [0.15, 0.2) is 48.5 Å². The molecule has 20 heteroatoms. The average molecular weight is 596 g/mol. The zero-order chi connectivity index (χ0) is 30.1. The summed E-state index contributed by atoms with van der Waals surface area (Å²) in [6.45, 7) is 0. The first-order valence-corrected chi connectivity index (χ1v) is 9.40. The van der Waals surface area contributed by atoms with Gasteiger partial charge in [-0.15, -0.1) is 0 Å². The van der Waals surface area contributed by atoms with Gasteiger partial charge in [-0.25, -0.2) is 8.78 Å². The van der Waals surface area contributed by atoms with Crippen LogP contribution in [0, 0.1) is 0 Å². The summed E-state index contributed by atoms with van der Waals surface area (Å²) >= 11 is 0. The summed E-state index contributed by atoms with van der Waals surface area (Å²) < 4.78 is 176. The van der Waals surface area contributed by atoms with Gasteiger partial charge in [0, 0.05) is 11.1 Å². The molecule has 0 spiro atoms. The third-order valence-corrected chi connectivity index (χ3v) is 4.75. The number of halogens is 14. The van der Waals surface area contributed by atoms with Crippen LogP contribution in [0.1, 0.15) is 18.6 Å². The van der Waals surface area contributed by atoms with Crippen LogP contribution in [-0.4, -0.2) is 59.0 Å². The molecule has 0 atom stereocenters. The van der Waals surface area contributed by atoms with Crippen molar-refractivity contribution in [2.75, 3.05) is 0 Å². The van der Waals surface area contributed by atoms with Crippen molar-refractivity contribution in [2.45, 2.75) is 43.5 Å². The molecule has 4 nitrogen and oxygen atoms in total. The van der Waals surface area contributed by atoms with E-state index in [0.717, 1.165) is 6.07 Å². The number of rotatable bonds is 4. The minimum absolute atomic E-state index is 0. The van der Waals surface area contributed by atoms with E-state index in [0.29, 0.717) is 18.2 Å². The molecule has 2 aromatic rings. The van der Waals surface area contributed by atoms with Crippen LogP contribution in [0.5, 0.6) is 0 Å². The van der Waals surface area contributed by atoms with Crippen molar-refractivity contribution in [1.82, 2.24) is 0 Å². The second-order valence-corrected chi connectivity index (χ2v) is 7.30. The summed E-state index contributed by atoms with van der Waals surface area (Å²) in [4.78, 5) is 0. The number of hydrogen-bond acceptors (Lipinski definition) is 4. The van der Waals surface area contributed by atoms with Crippen molar-refractivity contribution in [3.8, 4) is 0 Å². The Kier molecular flexibility index (Phi) is 11.1. The smallest absolute Gasteiger partial charge is 0.423 e. The molecule has 0 aliphatic rings. The molecule has 2 rings (SSSR count). The van der Waals surface area contributed by atoms with Gasteiger partial charge in [-0.05, 0) is 10.9 Å². The molecule has 220 valence electrons. The summed E-state index contributed by atoms with van der Waals surface area (Å²) in [5.41, 5.74) is -15.6. The molecule has 0 amide bonds. The first-order chi connectivity index (χ1) is 16.8. The molecular weight excluding hydrogens is 580 g/mol. The highest BCUT2D eigenvalue weighted by atomic mass is 19.4. The molecule has 0 heterocycles. The monoisotopic (exact) mass is 596 g/mol. The molecule has 0 saturated carbocycles. The minimum Gasteiger partial charge on any atom is -0.423 e. The van der Waals surface area contributed by atoms with Crippen LogP contribution in [0.25, 0.3) is 0 Å². The zero-order valence-electron chi connectivity index (χ0n) is 17.9. The maximum absolute atomic E-state index is 13.6. The Labute approximate surface area is 210 Å². The van der Waals surface area contributed by atoms with E-state index < -0.39 is 66.9 Å². The Morgan fingerprint density at radius 3 is 1.08 bits per heavy atom. The molecule has 0 aromatic heterocycles. The van der Waals surface area contributed by atoms with Crippen molar-refractivity contribution in [3.63, 3.8) is 0 Å². The van der Waals surface area contributed by atoms with Crippen molar-refractivity contribution < 1.29 is 81.6 Å². The highest BCUT2D eigenvalue weighted by Crippen LogP contribution is 2.54. The lowest BCUT2D eigenvalue weighted by molar-refractivity contribution is -0.349. The Morgan fingerprint density at radius 1 is 0.436 bits per heavy atom. The number of alkyl halides is 14. The van der Waals surface area contributed by atoms with Crippen LogP contribution in [0.3, 0.4) is 0 Å². The fraction of sp³-hybridized carbons (Fsp3) is 0.368. The van der Waals surface area contributed by atoms with Crippen molar-refractivity contribution >= 4 is 25.2 Å². The van der Waals surface area contributed by atoms with Gasteiger partial charge < -0.3 is 20.1 Å². The van der Waals surface area contributed by atoms with Gasteiger partial charge in [-0.3, -0.25) is 0 Å². The van der Waals surface area contributed by atoms with Gasteiger partial charge in [0.2, 0.25) is 0 Å². The SMILES string of the molecule is C.OB(O)c1ccc(C(F)(C(F)(F)F)C(F)(F)F)cc1.OB(O)c1cccc(C(F)(C(F)(F)F)C(F)(F)F)c1. The quantitative estimate of drug-likeness (QED) is 0.319. The van der Waals surface area contributed by atoms with Crippen LogP contribution >= 0.6 is 0 Å². The minimum atomic E-state index is -6.23. The Bertz CT molecular complexity index is 1040. The second-order valence-electron chi connectivity index (χ2n) is 7.30. The fourth-order valence-electron chi connectivity index (χ4n) is 2.77. The van der Waals surface area contributed by atoms with Gasteiger partial charge in [-0.2, -0.15) is 52.7 Å². The Morgan fingerprint density at radius 2 is 0.769 bits per heavy atom. The van der Waals surface area contributed by atoms with E-state index in [1.54, 1.807) is 0 Å². The molecule has 0 fully saturated rings. The molecule has 0 radical (unpaired) electrons. The molecular formula is C19H16B2F14O4. The molecule has 0 aliphatic heterocycles. The molecule has 4 N–H and O–H groups in total. The molecule has 39 heavy (non-hydrogen) atoms. The van der Waals surface area contributed by atoms with Gasteiger partial charge in [0.05, 0.1) is 0 Å². The van der Waals surface area contributed by atoms with Crippen LogP contribution < -0.4 is 10.9 Å². The van der Waals surface area contributed by atoms with Crippen molar-refractivity contribution in [2.24, 2.45) is 0 Å². The Balaban J connectivity index is 0.000000722. The number of benzene rings is 2. The third-order valence-electron chi connectivity index (χ3n) is 4.75. The standard InChI is InChI=1S/2C9H6BF7O2.CH4/c11-7(8(12,13)14,9(15,16)17)5-1-3-6(4-2-5)10(18)19;11-7(8(12,13)14,9(15,16)17)5-2-1-3-6(4-5)10(18)19;/h2*1-4,18-19H;1H4. The van der Waals surface area contributed by atoms with E-state index in [1.807, 2.05) is 0 Å². The van der Waals surface area contributed by atoms with Crippen LogP contribution in [0.2, 0.25) is 0 Å². The summed E-state index contributed by atoms with van der Waals surface area (Å²) in [6.07, 6.45) is -24.8. The average Bonchev–Trinajstić information content (AvgIpc) is 2.75. The first kappa shape index (κ1) is 36.4. The Hall–Kier alpha value is -2.57. The highest BCUT2D eigenvalue weighted by molar-refractivity contribution is 6.58. The summed E-state index contributed by atoms with van der Waals surface area (Å²) in [6, 6.07) is 3.42. The second kappa shape index (κ2) is 11.9. The van der Waals surface area contributed by atoms with Gasteiger partial charge in [0.15, 0.2) is 0 Å². The summed E-state index contributed by atoms with van der Waals surface area (Å²) in [5, 5.41) is 34.7. The van der Waals surface area contributed by atoms with E-state index in [4.69, 9.17) is 20.1 Å². The first-order valence-electron chi connectivity index (χ1n) is 9.40. The molecule has 2 aromatic carbocycles. The van der Waals surface area contributed by atoms with Gasteiger partial charge in [-0.1, -0.05) is 56.0 Å². The fourth-order valence-corrected chi connectivity index (χ4v) is 2.77. The van der Waals surface area contributed by atoms with E-state index in [9.17, 15) is 61.5 Å². The molecule has 0 aliphatic carbocycles. The molecule has 0 bridgehead atoms. The maximum atomic E-state index is 13.6. The van der Waals surface area contributed by atoms with Gasteiger partial charge >= 0.3 is 50.3 Å². The van der Waals surface area contributed by atoms with E-state index in [2.05, 4.69) is 0 Å². The summed E-state index contributed by atoms with van der Waals surface area (Å²) in [7, 11) is -4.40. The normalized spacial score (nSPS) is 13.2. The topological polar surface area (TPSA) is 80.9 Å². The van der Waals surface area contributed by atoms with Crippen LogP contribution in [0.4, 0.5) is 61.5 Å². The van der Waals surface area contributed by atoms with Gasteiger partial charge in [0.1, 0.15) is 0 Å². The van der Waals surface area contributed by atoms with Gasteiger partial charge in [0.25, 0.3) is 0 Å². The van der Waals surface area contributed by atoms with Crippen molar-refractivity contribution in [3.05, 3.63) is 59.7 Å². The predicted molar refractivity (Wildman–Crippen MR) is 109 cm³/mol. The van der Waals surface area contributed by atoms with E-state index >= 15 is 0 Å². The lowest BCUT2D eigenvalue weighted by Crippen LogP contribution is -2.51.